The van der Waals surface area contributed by atoms with Crippen LogP contribution >= 0.6 is 0 Å². The van der Waals surface area contributed by atoms with E-state index < -0.39 is 6.10 Å². The molecule has 6 nitrogen and oxygen atoms in total. The summed E-state index contributed by atoms with van der Waals surface area (Å²) in [5.74, 6) is 0.856. The molecule has 0 spiro atoms. The molecule has 0 rings (SSSR count). The highest BCUT2D eigenvalue weighted by atomic mass is 16.6. The molecule has 0 amide bonds. The fraction of sp³-hybridized carbons (Fsp3) is 0.948. The molecule has 0 saturated heterocycles. The van der Waals surface area contributed by atoms with Gasteiger partial charge in [-0.25, -0.2) is 0 Å². The van der Waals surface area contributed by atoms with Gasteiger partial charge < -0.3 is 14.2 Å². The fourth-order valence-corrected chi connectivity index (χ4v) is 8.87. The highest BCUT2D eigenvalue weighted by Gasteiger charge is 2.19. The molecule has 0 N–H and O–H groups in total. The zero-order valence-electron chi connectivity index (χ0n) is 43.9. The van der Waals surface area contributed by atoms with Crippen LogP contribution in [0.25, 0.3) is 0 Å². The van der Waals surface area contributed by atoms with E-state index in [4.69, 9.17) is 14.2 Å². The van der Waals surface area contributed by atoms with E-state index in [-0.39, 0.29) is 31.1 Å². The van der Waals surface area contributed by atoms with Crippen LogP contribution in [-0.4, -0.2) is 37.2 Å². The van der Waals surface area contributed by atoms with E-state index in [1.165, 1.54) is 212 Å². The number of hydrogen-bond donors (Lipinski definition) is 0. The van der Waals surface area contributed by atoms with E-state index in [1.54, 1.807) is 0 Å². The zero-order chi connectivity index (χ0) is 46.8. The Morgan fingerprint density at radius 1 is 0.297 bits per heavy atom. The van der Waals surface area contributed by atoms with Crippen LogP contribution in [0.4, 0.5) is 0 Å². The monoisotopic (exact) mass is 905 g/mol. The first-order valence-corrected chi connectivity index (χ1v) is 28.7. The number of hydrogen-bond acceptors (Lipinski definition) is 6. The summed E-state index contributed by atoms with van der Waals surface area (Å²) in [6.45, 7) is 11.4. The minimum Gasteiger partial charge on any atom is -0.462 e. The molecule has 0 fully saturated rings. The average molecular weight is 906 g/mol. The molecular formula is C58H112O6. The number of ether oxygens (including phenoxy) is 3. The van der Waals surface area contributed by atoms with Crippen molar-refractivity contribution in [2.45, 2.75) is 330 Å². The maximum Gasteiger partial charge on any atom is 0.306 e. The second-order valence-electron chi connectivity index (χ2n) is 20.9. The number of carbonyl (C=O) groups excluding carboxylic acids is 3. The second-order valence-corrected chi connectivity index (χ2v) is 20.9. The maximum absolute atomic E-state index is 12.8. The topological polar surface area (TPSA) is 78.9 Å². The predicted molar refractivity (Wildman–Crippen MR) is 275 cm³/mol. The van der Waals surface area contributed by atoms with E-state index in [1.807, 2.05) is 0 Å². The summed E-state index contributed by atoms with van der Waals surface area (Å²) in [6, 6.07) is 0. The molecule has 0 aliphatic rings. The molecule has 0 aliphatic heterocycles. The number of rotatable bonds is 52. The van der Waals surface area contributed by atoms with Crippen molar-refractivity contribution in [3.63, 3.8) is 0 Å². The number of esters is 3. The molecule has 0 heterocycles. The van der Waals surface area contributed by atoms with Gasteiger partial charge in [-0.2, -0.15) is 0 Å². The van der Waals surface area contributed by atoms with Crippen molar-refractivity contribution in [1.29, 1.82) is 0 Å². The zero-order valence-corrected chi connectivity index (χ0v) is 43.9. The summed E-state index contributed by atoms with van der Waals surface area (Å²) >= 11 is 0. The first-order valence-electron chi connectivity index (χ1n) is 28.7. The molecule has 0 aromatic heterocycles. The molecule has 1 atom stereocenters. The lowest BCUT2D eigenvalue weighted by Gasteiger charge is -2.18. The minimum absolute atomic E-state index is 0.0627. The van der Waals surface area contributed by atoms with E-state index in [9.17, 15) is 14.4 Å². The van der Waals surface area contributed by atoms with Gasteiger partial charge in [0.15, 0.2) is 6.10 Å². The van der Waals surface area contributed by atoms with E-state index in [0.29, 0.717) is 19.3 Å². The molecule has 380 valence electrons. The summed E-state index contributed by atoms with van der Waals surface area (Å²) in [5.41, 5.74) is 0. The smallest absolute Gasteiger partial charge is 0.306 e. The number of unbranched alkanes of at least 4 members (excludes halogenated alkanes) is 37. The van der Waals surface area contributed by atoms with Crippen LogP contribution in [0.15, 0.2) is 0 Å². The Morgan fingerprint density at radius 3 is 0.766 bits per heavy atom. The second kappa shape index (κ2) is 50.8. The Bertz CT molecular complexity index is 978. The van der Waals surface area contributed by atoms with Gasteiger partial charge >= 0.3 is 17.9 Å². The SMILES string of the molecule is CCCCCCCCCCCCC(=O)OC[C@H](COC(=O)CCCCCCCCCCCCCCCCC(C)C)OC(=O)CCCCCCCCCCCCCCCCCCC(C)C. The van der Waals surface area contributed by atoms with Crippen molar-refractivity contribution in [2.75, 3.05) is 13.2 Å². The lowest BCUT2D eigenvalue weighted by atomic mass is 10.0. The average Bonchev–Trinajstić information content (AvgIpc) is 3.27. The van der Waals surface area contributed by atoms with Gasteiger partial charge in [0, 0.05) is 19.3 Å². The Kier molecular flexibility index (Phi) is 49.6. The summed E-state index contributed by atoms with van der Waals surface area (Å²) in [4.78, 5) is 38.1. The van der Waals surface area contributed by atoms with Gasteiger partial charge in [-0.3, -0.25) is 14.4 Å². The normalized spacial score (nSPS) is 12.0. The van der Waals surface area contributed by atoms with Gasteiger partial charge in [-0.05, 0) is 31.1 Å². The Balaban J connectivity index is 4.24. The van der Waals surface area contributed by atoms with E-state index in [2.05, 4.69) is 34.6 Å². The van der Waals surface area contributed by atoms with Crippen LogP contribution in [0.5, 0.6) is 0 Å². The van der Waals surface area contributed by atoms with Crippen molar-refractivity contribution in [2.24, 2.45) is 11.8 Å². The third kappa shape index (κ3) is 51.4. The van der Waals surface area contributed by atoms with Crippen molar-refractivity contribution >= 4 is 17.9 Å². The summed E-state index contributed by atoms with van der Waals surface area (Å²) in [5, 5.41) is 0. The van der Waals surface area contributed by atoms with Gasteiger partial charge in [0.25, 0.3) is 0 Å². The summed E-state index contributed by atoms with van der Waals surface area (Å²) < 4.78 is 16.9. The van der Waals surface area contributed by atoms with Crippen LogP contribution in [0.3, 0.4) is 0 Å². The van der Waals surface area contributed by atoms with Gasteiger partial charge in [0.05, 0.1) is 0 Å². The highest BCUT2D eigenvalue weighted by Crippen LogP contribution is 2.18. The molecular weight excluding hydrogens is 793 g/mol. The van der Waals surface area contributed by atoms with Gasteiger partial charge in [-0.1, -0.05) is 285 Å². The predicted octanol–water partition coefficient (Wildman–Crippen LogP) is 18.9. The molecule has 0 bridgehead atoms. The molecule has 64 heavy (non-hydrogen) atoms. The summed E-state index contributed by atoms with van der Waals surface area (Å²) in [7, 11) is 0. The van der Waals surface area contributed by atoms with E-state index in [0.717, 1.165) is 69.6 Å². The molecule has 0 radical (unpaired) electrons. The molecule has 0 saturated carbocycles. The molecule has 0 aromatic carbocycles. The van der Waals surface area contributed by atoms with Crippen LogP contribution in [0.1, 0.15) is 324 Å². The lowest BCUT2D eigenvalue weighted by Crippen LogP contribution is -2.30. The maximum atomic E-state index is 12.8. The van der Waals surface area contributed by atoms with Crippen molar-refractivity contribution in [3.8, 4) is 0 Å². The van der Waals surface area contributed by atoms with Crippen LogP contribution in [0.2, 0.25) is 0 Å². The van der Waals surface area contributed by atoms with Gasteiger partial charge in [-0.15, -0.1) is 0 Å². The standard InChI is InChI=1S/C58H112O6/c1-6-7-8-9-10-11-28-33-38-43-48-56(59)62-51-55(52-63-57(60)49-44-39-34-29-24-20-17-16-19-23-27-32-37-42-47-54(4)5)64-58(61)50-45-40-35-30-25-21-15-13-12-14-18-22-26-31-36-41-46-53(2)3/h53-55H,6-52H2,1-5H3/t55-/m1/s1. The molecule has 6 heteroatoms. The fourth-order valence-electron chi connectivity index (χ4n) is 8.87. The minimum atomic E-state index is -0.762. The quantitative estimate of drug-likeness (QED) is 0.0344. The van der Waals surface area contributed by atoms with Crippen LogP contribution in [-0.2, 0) is 28.6 Å². The Labute approximate surface area is 399 Å². The lowest BCUT2D eigenvalue weighted by molar-refractivity contribution is -0.167. The van der Waals surface area contributed by atoms with Crippen LogP contribution < -0.4 is 0 Å². The molecule has 0 aromatic rings. The third-order valence-corrected chi connectivity index (χ3v) is 13.2. The van der Waals surface area contributed by atoms with E-state index >= 15 is 0 Å². The number of carbonyl (C=O) groups is 3. The van der Waals surface area contributed by atoms with Crippen LogP contribution in [0, 0.1) is 11.8 Å². The first-order chi connectivity index (χ1) is 31.2. The third-order valence-electron chi connectivity index (χ3n) is 13.2. The highest BCUT2D eigenvalue weighted by molar-refractivity contribution is 5.71. The molecule has 0 aliphatic carbocycles. The van der Waals surface area contributed by atoms with Crippen molar-refractivity contribution in [1.82, 2.24) is 0 Å². The summed E-state index contributed by atoms with van der Waals surface area (Å²) in [6.07, 6.45) is 53.8. The van der Waals surface area contributed by atoms with Crippen molar-refractivity contribution < 1.29 is 28.6 Å². The first kappa shape index (κ1) is 62.4. The Morgan fingerprint density at radius 2 is 0.516 bits per heavy atom. The Hall–Kier alpha value is -1.59. The van der Waals surface area contributed by atoms with Crippen molar-refractivity contribution in [3.05, 3.63) is 0 Å². The molecule has 0 unspecified atom stereocenters. The van der Waals surface area contributed by atoms with Gasteiger partial charge in [0.1, 0.15) is 13.2 Å². The van der Waals surface area contributed by atoms with Gasteiger partial charge in [0.2, 0.25) is 0 Å². The largest absolute Gasteiger partial charge is 0.462 e.